The fourth-order valence-corrected chi connectivity index (χ4v) is 2.13. The third-order valence-corrected chi connectivity index (χ3v) is 2.71. The van der Waals surface area contributed by atoms with Crippen molar-refractivity contribution in [2.75, 3.05) is 10.2 Å². The second-order valence-corrected chi connectivity index (χ2v) is 4.33. The summed E-state index contributed by atoms with van der Waals surface area (Å²) in [6, 6.07) is 0. The molecule has 0 spiro atoms. The molecule has 0 aromatic heterocycles. The zero-order chi connectivity index (χ0) is 6.41. The molecule has 48 valence electrons. The minimum Gasteiger partial charge on any atom is -0.288 e. The standard InChI is InChI=1S/C4H8OS3/c1-4(5)8-3-7-2-6/h6H,2-3H2,1H3. The Balaban J connectivity index is 2.82. The molecule has 0 saturated carbocycles. The number of carbonyl (C=O) groups excluding carboxylic acids is 1. The molecule has 0 aromatic rings. The number of rotatable bonds is 3. The third-order valence-electron chi connectivity index (χ3n) is 0.437. The van der Waals surface area contributed by atoms with Crippen molar-refractivity contribution >= 4 is 41.3 Å². The van der Waals surface area contributed by atoms with E-state index in [4.69, 9.17) is 0 Å². The quantitative estimate of drug-likeness (QED) is 0.394. The molecule has 0 unspecified atom stereocenters. The van der Waals surface area contributed by atoms with Crippen LogP contribution in [-0.4, -0.2) is 15.3 Å². The molecule has 0 bridgehead atoms. The van der Waals surface area contributed by atoms with Crippen molar-refractivity contribution in [2.24, 2.45) is 0 Å². The van der Waals surface area contributed by atoms with Crippen LogP contribution in [-0.2, 0) is 4.79 Å². The van der Waals surface area contributed by atoms with Crippen molar-refractivity contribution in [3.8, 4) is 0 Å². The van der Waals surface area contributed by atoms with Gasteiger partial charge in [-0.15, -0.1) is 11.8 Å². The Bertz CT molecular complexity index is 73.7. The van der Waals surface area contributed by atoms with Gasteiger partial charge in [0.15, 0.2) is 5.12 Å². The molecule has 0 fully saturated rings. The van der Waals surface area contributed by atoms with Crippen molar-refractivity contribution in [2.45, 2.75) is 6.92 Å². The highest BCUT2D eigenvalue weighted by Crippen LogP contribution is 2.12. The van der Waals surface area contributed by atoms with Crippen LogP contribution in [0.3, 0.4) is 0 Å². The monoisotopic (exact) mass is 168 g/mol. The van der Waals surface area contributed by atoms with Crippen molar-refractivity contribution in [3.63, 3.8) is 0 Å². The lowest BCUT2D eigenvalue weighted by molar-refractivity contribution is -0.109. The molecule has 8 heavy (non-hydrogen) atoms. The Labute approximate surface area is 63.4 Å². The van der Waals surface area contributed by atoms with E-state index in [-0.39, 0.29) is 5.12 Å². The Morgan fingerprint density at radius 1 is 1.75 bits per heavy atom. The van der Waals surface area contributed by atoms with E-state index in [1.807, 2.05) is 0 Å². The Morgan fingerprint density at radius 3 is 2.75 bits per heavy atom. The van der Waals surface area contributed by atoms with E-state index in [0.29, 0.717) is 0 Å². The Kier molecular flexibility index (Phi) is 6.38. The highest BCUT2D eigenvalue weighted by atomic mass is 32.2. The number of carbonyl (C=O) groups is 1. The minimum absolute atomic E-state index is 0.180. The van der Waals surface area contributed by atoms with Crippen LogP contribution in [0.4, 0.5) is 0 Å². The first-order valence-electron chi connectivity index (χ1n) is 2.09. The van der Waals surface area contributed by atoms with Crippen molar-refractivity contribution in [1.82, 2.24) is 0 Å². The van der Waals surface area contributed by atoms with Gasteiger partial charge in [-0.3, -0.25) is 4.79 Å². The predicted octanol–water partition coefficient (Wildman–Crippen LogP) is 1.84. The summed E-state index contributed by atoms with van der Waals surface area (Å²) < 4.78 is 0. The first-order chi connectivity index (χ1) is 3.77. The first-order valence-corrected chi connectivity index (χ1v) is 4.86. The minimum atomic E-state index is 0.180. The predicted molar refractivity (Wildman–Crippen MR) is 44.6 cm³/mol. The van der Waals surface area contributed by atoms with Crippen molar-refractivity contribution < 1.29 is 4.79 Å². The summed E-state index contributed by atoms with van der Waals surface area (Å²) in [5.74, 6) is 0. The average Bonchev–Trinajstić information content (AvgIpc) is 1.66. The Morgan fingerprint density at radius 2 is 2.38 bits per heavy atom. The fourth-order valence-electron chi connectivity index (χ4n) is 0.162. The summed E-state index contributed by atoms with van der Waals surface area (Å²) in [5.41, 5.74) is 0. The molecule has 0 aliphatic rings. The zero-order valence-electron chi connectivity index (χ0n) is 4.59. The van der Waals surface area contributed by atoms with Crippen LogP contribution in [0, 0.1) is 0 Å². The highest BCUT2D eigenvalue weighted by Gasteiger charge is 1.90. The van der Waals surface area contributed by atoms with Gasteiger partial charge in [-0.05, 0) is 0 Å². The van der Waals surface area contributed by atoms with Gasteiger partial charge < -0.3 is 0 Å². The molecule has 0 heterocycles. The van der Waals surface area contributed by atoms with Crippen LogP contribution in [0.2, 0.25) is 0 Å². The summed E-state index contributed by atoms with van der Waals surface area (Å²) in [5, 5.41) is 1.80. The molecule has 0 N–H and O–H groups in total. The zero-order valence-corrected chi connectivity index (χ0v) is 7.11. The van der Waals surface area contributed by atoms with Crippen molar-refractivity contribution in [1.29, 1.82) is 0 Å². The first kappa shape index (κ1) is 8.72. The highest BCUT2D eigenvalue weighted by molar-refractivity contribution is 8.25. The molecule has 0 aromatic carbocycles. The van der Waals surface area contributed by atoms with Crippen LogP contribution < -0.4 is 0 Å². The molecule has 0 rings (SSSR count). The van der Waals surface area contributed by atoms with E-state index in [9.17, 15) is 4.79 Å². The molecule has 4 heteroatoms. The van der Waals surface area contributed by atoms with E-state index in [0.717, 1.165) is 10.2 Å². The average molecular weight is 168 g/mol. The third kappa shape index (κ3) is 6.72. The lowest BCUT2D eigenvalue weighted by Crippen LogP contribution is -1.80. The second kappa shape index (κ2) is 5.85. The summed E-state index contributed by atoms with van der Waals surface area (Å²) >= 11 is 6.94. The van der Waals surface area contributed by atoms with Gasteiger partial charge in [-0.2, -0.15) is 12.6 Å². The number of hydrogen-bond acceptors (Lipinski definition) is 4. The van der Waals surface area contributed by atoms with Gasteiger partial charge >= 0.3 is 0 Å². The largest absolute Gasteiger partial charge is 0.288 e. The fraction of sp³-hybridized carbons (Fsp3) is 0.750. The lowest BCUT2D eigenvalue weighted by atomic mass is 10.9. The van der Waals surface area contributed by atoms with Gasteiger partial charge in [0, 0.05) is 17.1 Å². The molecule has 0 aliphatic heterocycles. The summed E-state index contributed by atoms with van der Waals surface area (Å²) in [6.45, 7) is 1.57. The lowest BCUT2D eigenvalue weighted by Gasteiger charge is -1.90. The van der Waals surface area contributed by atoms with E-state index < -0.39 is 0 Å². The number of thioether (sulfide) groups is 2. The van der Waals surface area contributed by atoms with E-state index in [2.05, 4.69) is 12.6 Å². The maximum atomic E-state index is 10.2. The molecule has 0 saturated heterocycles. The molecule has 0 radical (unpaired) electrons. The maximum absolute atomic E-state index is 10.2. The van der Waals surface area contributed by atoms with Crippen LogP contribution in [0.5, 0.6) is 0 Å². The second-order valence-electron chi connectivity index (χ2n) is 1.09. The normalized spacial score (nSPS) is 9.25. The molecular weight excluding hydrogens is 160 g/mol. The molecular formula is C4H8OS3. The molecule has 0 aliphatic carbocycles. The van der Waals surface area contributed by atoms with Gasteiger partial charge in [0.05, 0.1) is 0 Å². The van der Waals surface area contributed by atoms with E-state index >= 15 is 0 Å². The smallest absolute Gasteiger partial charge is 0.186 e. The van der Waals surface area contributed by atoms with Gasteiger partial charge in [0.2, 0.25) is 0 Å². The van der Waals surface area contributed by atoms with Gasteiger partial charge in [0.25, 0.3) is 0 Å². The van der Waals surface area contributed by atoms with E-state index in [1.54, 1.807) is 18.7 Å². The summed E-state index contributed by atoms with van der Waals surface area (Å²) in [7, 11) is 0. The SMILES string of the molecule is CC(=O)SCSCS. The van der Waals surface area contributed by atoms with E-state index in [1.165, 1.54) is 11.8 Å². The van der Waals surface area contributed by atoms with Crippen LogP contribution in [0.25, 0.3) is 0 Å². The summed E-state index contributed by atoms with van der Waals surface area (Å²) in [4.78, 5) is 10.2. The van der Waals surface area contributed by atoms with Crippen LogP contribution in [0.15, 0.2) is 0 Å². The van der Waals surface area contributed by atoms with Crippen LogP contribution >= 0.6 is 36.2 Å². The topological polar surface area (TPSA) is 17.1 Å². The Hall–Kier alpha value is 0.720. The molecule has 1 nitrogen and oxygen atoms in total. The molecule has 0 atom stereocenters. The maximum Gasteiger partial charge on any atom is 0.186 e. The summed E-state index contributed by atoms with van der Waals surface area (Å²) in [6.07, 6.45) is 0. The van der Waals surface area contributed by atoms with Gasteiger partial charge in [-0.1, -0.05) is 11.8 Å². The van der Waals surface area contributed by atoms with Crippen molar-refractivity contribution in [3.05, 3.63) is 0 Å². The molecule has 0 amide bonds. The number of hydrogen-bond donors (Lipinski definition) is 1. The van der Waals surface area contributed by atoms with Crippen LogP contribution in [0.1, 0.15) is 6.92 Å². The number of thiol groups is 1. The van der Waals surface area contributed by atoms with Gasteiger partial charge in [-0.25, -0.2) is 0 Å². The van der Waals surface area contributed by atoms with Gasteiger partial charge in [0.1, 0.15) is 0 Å².